The van der Waals surface area contributed by atoms with Crippen molar-refractivity contribution in [3.8, 4) is 5.75 Å². The van der Waals surface area contributed by atoms with Crippen LogP contribution in [0.4, 0.5) is 13.2 Å². The van der Waals surface area contributed by atoms with E-state index >= 15 is 0 Å². The first-order chi connectivity index (χ1) is 9.74. The summed E-state index contributed by atoms with van der Waals surface area (Å²) in [4.78, 5) is 2.34. The predicted molar refractivity (Wildman–Crippen MR) is 75.2 cm³/mol. The molecule has 1 aromatic rings. The van der Waals surface area contributed by atoms with Crippen molar-refractivity contribution in [1.82, 2.24) is 10.2 Å². The van der Waals surface area contributed by atoms with Gasteiger partial charge in [-0.1, -0.05) is 12.1 Å². The molecule has 0 radical (unpaired) electrons. The maximum Gasteiger partial charge on any atom is 0.573 e. The SMILES string of the molecule is CC1CN(C(C)c2ccc(OC(F)(F)F)cc2)CC(C)N1. The van der Waals surface area contributed by atoms with E-state index in [1.165, 1.54) is 12.1 Å². The van der Waals surface area contributed by atoms with E-state index in [0.717, 1.165) is 18.7 Å². The van der Waals surface area contributed by atoms with Crippen molar-refractivity contribution in [2.75, 3.05) is 13.1 Å². The molecule has 1 aliphatic rings. The van der Waals surface area contributed by atoms with Gasteiger partial charge in [-0.25, -0.2) is 0 Å². The molecule has 1 aromatic carbocycles. The second-order valence-electron chi connectivity index (χ2n) is 5.72. The molecule has 0 spiro atoms. The minimum atomic E-state index is -4.64. The first kappa shape index (κ1) is 16.1. The molecule has 1 N–H and O–H groups in total. The number of halogens is 3. The Morgan fingerprint density at radius 3 is 2.14 bits per heavy atom. The molecule has 3 nitrogen and oxygen atoms in total. The molecular weight excluding hydrogens is 281 g/mol. The molecular formula is C15H21F3N2O. The lowest BCUT2D eigenvalue weighted by atomic mass is 10.0. The van der Waals surface area contributed by atoms with Crippen molar-refractivity contribution in [3.05, 3.63) is 29.8 Å². The minimum absolute atomic E-state index is 0.164. The first-order valence-electron chi connectivity index (χ1n) is 7.10. The zero-order chi connectivity index (χ0) is 15.6. The zero-order valence-corrected chi connectivity index (χ0v) is 12.4. The van der Waals surface area contributed by atoms with Crippen molar-refractivity contribution in [1.29, 1.82) is 0 Å². The molecule has 0 aromatic heterocycles. The molecule has 3 atom stereocenters. The Balaban J connectivity index is 2.04. The van der Waals surface area contributed by atoms with Crippen molar-refractivity contribution in [2.45, 2.75) is 45.3 Å². The fourth-order valence-electron chi connectivity index (χ4n) is 2.84. The predicted octanol–water partition coefficient (Wildman–Crippen LogP) is 3.33. The summed E-state index contributed by atoms with van der Waals surface area (Å²) in [6, 6.07) is 7.11. The quantitative estimate of drug-likeness (QED) is 0.927. The van der Waals surface area contributed by atoms with E-state index in [2.05, 4.69) is 35.7 Å². The molecule has 1 fully saturated rings. The van der Waals surface area contributed by atoms with Gasteiger partial charge in [-0.3, -0.25) is 4.90 Å². The summed E-state index contributed by atoms with van der Waals surface area (Å²) in [5, 5.41) is 3.46. The van der Waals surface area contributed by atoms with E-state index in [-0.39, 0.29) is 11.8 Å². The molecule has 2 rings (SSSR count). The van der Waals surface area contributed by atoms with Crippen LogP contribution >= 0.6 is 0 Å². The Morgan fingerprint density at radius 1 is 1.14 bits per heavy atom. The summed E-state index contributed by atoms with van der Waals surface area (Å²) in [5.74, 6) is -0.180. The largest absolute Gasteiger partial charge is 0.573 e. The van der Waals surface area contributed by atoms with Gasteiger partial charge in [-0.05, 0) is 38.5 Å². The van der Waals surface area contributed by atoms with Crippen molar-refractivity contribution in [2.24, 2.45) is 0 Å². The van der Waals surface area contributed by atoms with Crippen molar-refractivity contribution >= 4 is 0 Å². The van der Waals surface area contributed by atoms with E-state index < -0.39 is 6.36 Å². The molecule has 0 bridgehead atoms. The van der Waals surface area contributed by atoms with Gasteiger partial charge in [0.2, 0.25) is 0 Å². The number of ether oxygens (including phenoxy) is 1. The van der Waals surface area contributed by atoms with Crippen LogP contribution in [-0.4, -0.2) is 36.4 Å². The van der Waals surface area contributed by atoms with Crippen LogP contribution in [0.3, 0.4) is 0 Å². The first-order valence-corrected chi connectivity index (χ1v) is 7.10. The van der Waals surface area contributed by atoms with Gasteiger partial charge in [0.15, 0.2) is 0 Å². The highest BCUT2D eigenvalue weighted by Crippen LogP contribution is 2.27. The van der Waals surface area contributed by atoms with Crippen LogP contribution in [0.1, 0.15) is 32.4 Å². The number of benzene rings is 1. The molecule has 118 valence electrons. The lowest BCUT2D eigenvalue weighted by Crippen LogP contribution is -2.54. The number of rotatable bonds is 3. The maximum atomic E-state index is 12.1. The smallest absolute Gasteiger partial charge is 0.406 e. The molecule has 3 unspecified atom stereocenters. The lowest BCUT2D eigenvalue weighted by Gasteiger charge is -2.39. The van der Waals surface area contributed by atoms with Gasteiger partial charge >= 0.3 is 6.36 Å². The van der Waals surface area contributed by atoms with E-state index in [1.54, 1.807) is 12.1 Å². The molecule has 21 heavy (non-hydrogen) atoms. The highest BCUT2D eigenvalue weighted by atomic mass is 19.4. The minimum Gasteiger partial charge on any atom is -0.406 e. The average Bonchev–Trinajstić information content (AvgIpc) is 2.35. The molecule has 0 aliphatic carbocycles. The summed E-state index contributed by atoms with van der Waals surface area (Å²) in [7, 11) is 0. The molecule has 0 amide bonds. The summed E-state index contributed by atoms with van der Waals surface area (Å²) >= 11 is 0. The third-order valence-electron chi connectivity index (χ3n) is 3.73. The number of alkyl halides is 3. The van der Waals surface area contributed by atoms with Crippen LogP contribution in [-0.2, 0) is 0 Å². The third kappa shape index (κ3) is 4.61. The maximum absolute atomic E-state index is 12.1. The van der Waals surface area contributed by atoms with E-state index in [1.807, 2.05) is 0 Å². The highest BCUT2D eigenvalue weighted by Gasteiger charge is 2.31. The molecule has 6 heteroatoms. The Bertz CT molecular complexity index is 451. The standard InChI is InChI=1S/C15H21F3N2O/c1-10-8-20(9-11(2)19-10)12(3)13-4-6-14(7-5-13)21-15(16,17)18/h4-7,10-12,19H,8-9H2,1-3H3. The van der Waals surface area contributed by atoms with Crippen LogP contribution in [0.2, 0.25) is 0 Å². The van der Waals surface area contributed by atoms with Gasteiger partial charge in [-0.2, -0.15) is 0 Å². The van der Waals surface area contributed by atoms with Crippen LogP contribution in [0.5, 0.6) is 5.75 Å². The molecule has 1 aliphatic heterocycles. The number of hydrogen-bond donors (Lipinski definition) is 1. The molecule has 0 saturated carbocycles. The topological polar surface area (TPSA) is 24.5 Å². The van der Waals surface area contributed by atoms with Crippen LogP contribution in [0, 0.1) is 0 Å². The highest BCUT2D eigenvalue weighted by molar-refractivity contribution is 5.29. The number of piperazine rings is 1. The Kier molecular flexibility index (Phi) is 4.78. The van der Waals surface area contributed by atoms with E-state index in [0.29, 0.717) is 12.1 Å². The summed E-state index contributed by atoms with van der Waals surface area (Å²) in [6.45, 7) is 8.19. The molecule has 1 saturated heterocycles. The normalized spacial score (nSPS) is 25.6. The third-order valence-corrected chi connectivity index (χ3v) is 3.73. The summed E-state index contributed by atoms with van der Waals surface area (Å²) in [5.41, 5.74) is 0.992. The average molecular weight is 302 g/mol. The van der Waals surface area contributed by atoms with E-state index in [4.69, 9.17) is 0 Å². The van der Waals surface area contributed by atoms with Gasteiger partial charge in [0, 0.05) is 31.2 Å². The molecule has 1 heterocycles. The van der Waals surface area contributed by atoms with Crippen LogP contribution in [0.25, 0.3) is 0 Å². The Hall–Kier alpha value is -1.27. The van der Waals surface area contributed by atoms with Crippen molar-refractivity contribution in [3.63, 3.8) is 0 Å². The van der Waals surface area contributed by atoms with Gasteiger partial charge in [0.25, 0.3) is 0 Å². The van der Waals surface area contributed by atoms with Crippen LogP contribution < -0.4 is 10.1 Å². The second-order valence-corrected chi connectivity index (χ2v) is 5.72. The number of nitrogens with zero attached hydrogens (tertiary/aromatic N) is 1. The summed E-state index contributed by atoms with van der Waals surface area (Å²) < 4.78 is 40.3. The fourth-order valence-corrected chi connectivity index (χ4v) is 2.84. The fraction of sp³-hybridized carbons (Fsp3) is 0.600. The number of hydrogen-bond acceptors (Lipinski definition) is 3. The van der Waals surface area contributed by atoms with E-state index in [9.17, 15) is 13.2 Å². The Labute approximate surface area is 123 Å². The Morgan fingerprint density at radius 2 is 1.67 bits per heavy atom. The monoisotopic (exact) mass is 302 g/mol. The summed E-state index contributed by atoms with van der Waals surface area (Å²) in [6.07, 6.45) is -4.64. The zero-order valence-electron chi connectivity index (χ0n) is 12.4. The number of nitrogens with one attached hydrogen (secondary N) is 1. The second kappa shape index (κ2) is 6.23. The van der Waals surface area contributed by atoms with Crippen LogP contribution in [0.15, 0.2) is 24.3 Å². The van der Waals surface area contributed by atoms with Gasteiger partial charge in [0.1, 0.15) is 5.75 Å². The van der Waals surface area contributed by atoms with Gasteiger partial charge in [0.05, 0.1) is 0 Å². The van der Waals surface area contributed by atoms with Gasteiger partial charge in [-0.15, -0.1) is 13.2 Å². The van der Waals surface area contributed by atoms with Gasteiger partial charge < -0.3 is 10.1 Å². The lowest BCUT2D eigenvalue weighted by molar-refractivity contribution is -0.274. The van der Waals surface area contributed by atoms with Crippen molar-refractivity contribution < 1.29 is 17.9 Å².